The molecule has 0 radical (unpaired) electrons. The summed E-state index contributed by atoms with van der Waals surface area (Å²) in [4.78, 5) is 3.24. The normalized spacial score (nSPS) is 16.4. The van der Waals surface area contributed by atoms with E-state index >= 15 is 0 Å². The minimum atomic E-state index is -4.44. The highest BCUT2D eigenvalue weighted by Crippen LogP contribution is 2.30. The van der Waals surface area contributed by atoms with Crippen LogP contribution in [0.15, 0.2) is 15.9 Å². The predicted molar refractivity (Wildman–Crippen MR) is 71.2 cm³/mol. The van der Waals surface area contributed by atoms with Gasteiger partial charge in [-0.25, -0.2) is 0 Å². The molecule has 0 aromatic carbocycles. The van der Waals surface area contributed by atoms with Crippen LogP contribution in [-0.2, 0) is 25.8 Å². The maximum atomic E-state index is 12.7. The van der Waals surface area contributed by atoms with Crippen molar-refractivity contribution in [2.45, 2.75) is 25.8 Å². The molecule has 1 aliphatic rings. The van der Waals surface area contributed by atoms with Crippen LogP contribution in [-0.4, -0.2) is 26.2 Å². The number of alkyl halides is 3. The lowest BCUT2D eigenvalue weighted by Gasteiger charge is -2.27. The van der Waals surface area contributed by atoms with Crippen LogP contribution in [0.4, 0.5) is 13.2 Å². The number of aromatic nitrogens is 3. The smallest absolute Gasteiger partial charge is 0.305 e. The van der Waals surface area contributed by atoms with Crippen LogP contribution in [0.25, 0.3) is 0 Å². The number of nitrogens with zero attached hydrogens (tertiary/aromatic N) is 4. The highest BCUT2D eigenvalue weighted by molar-refractivity contribution is 9.11. The number of thiophene rings is 1. The Hall–Kier alpha value is -0.930. The Morgan fingerprint density at radius 2 is 2.05 bits per heavy atom. The van der Waals surface area contributed by atoms with Gasteiger partial charge in [-0.15, -0.1) is 21.5 Å². The Morgan fingerprint density at radius 3 is 2.70 bits per heavy atom. The van der Waals surface area contributed by atoms with Crippen molar-refractivity contribution in [3.63, 3.8) is 0 Å². The summed E-state index contributed by atoms with van der Waals surface area (Å²) >= 11 is 5.02. The second-order valence-electron chi connectivity index (χ2n) is 4.51. The molecular formula is C11H10BrF3N4S. The molecular weight excluding hydrogens is 357 g/mol. The van der Waals surface area contributed by atoms with Crippen molar-refractivity contribution in [2.75, 3.05) is 6.54 Å². The van der Waals surface area contributed by atoms with Gasteiger partial charge in [0.05, 0.1) is 10.3 Å². The quantitative estimate of drug-likeness (QED) is 0.818. The van der Waals surface area contributed by atoms with Crippen LogP contribution >= 0.6 is 27.3 Å². The molecule has 0 atom stereocenters. The molecule has 0 N–H and O–H groups in total. The number of hydrogen-bond donors (Lipinski definition) is 0. The second-order valence-corrected chi connectivity index (χ2v) is 7.05. The van der Waals surface area contributed by atoms with Gasteiger partial charge in [0.1, 0.15) is 5.82 Å². The molecule has 2 aromatic heterocycles. The van der Waals surface area contributed by atoms with E-state index in [2.05, 4.69) is 31.0 Å². The van der Waals surface area contributed by atoms with E-state index < -0.39 is 12.0 Å². The fraction of sp³-hybridized carbons (Fsp3) is 0.455. The van der Waals surface area contributed by atoms with E-state index in [9.17, 15) is 13.2 Å². The number of fused-ring (bicyclic) bond motifs is 1. The van der Waals surface area contributed by atoms with Gasteiger partial charge in [0.2, 0.25) is 5.82 Å². The third kappa shape index (κ3) is 2.75. The first kappa shape index (κ1) is 14.0. The van der Waals surface area contributed by atoms with Gasteiger partial charge >= 0.3 is 6.18 Å². The number of halogens is 4. The summed E-state index contributed by atoms with van der Waals surface area (Å²) in [6, 6.07) is 3.98. The van der Waals surface area contributed by atoms with Crippen molar-refractivity contribution in [1.82, 2.24) is 19.7 Å². The van der Waals surface area contributed by atoms with Crippen LogP contribution in [0.5, 0.6) is 0 Å². The van der Waals surface area contributed by atoms with Gasteiger partial charge in [-0.3, -0.25) is 4.90 Å². The Bertz CT molecular complexity index is 621. The zero-order chi connectivity index (χ0) is 14.3. The third-order valence-electron chi connectivity index (χ3n) is 3.09. The lowest BCUT2D eigenvalue weighted by atomic mass is 10.3. The Labute approximate surface area is 125 Å². The molecule has 0 saturated heterocycles. The summed E-state index contributed by atoms with van der Waals surface area (Å²) in [5.74, 6) is -0.523. The average molecular weight is 367 g/mol. The number of rotatable bonds is 2. The molecule has 0 saturated carbocycles. The molecule has 0 bridgehead atoms. The van der Waals surface area contributed by atoms with E-state index in [0.717, 1.165) is 3.79 Å². The Balaban J connectivity index is 1.75. The van der Waals surface area contributed by atoms with E-state index in [0.29, 0.717) is 25.5 Å². The van der Waals surface area contributed by atoms with Gasteiger partial charge in [0, 0.05) is 24.5 Å². The van der Waals surface area contributed by atoms with Crippen LogP contribution in [0, 0.1) is 0 Å². The fourth-order valence-corrected chi connectivity index (χ4v) is 3.74. The minimum absolute atomic E-state index is 0.268. The Kier molecular flexibility index (Phi) is 3.59. The summed E-state index contributed by atoms with van der Waals surface area (Å²) in [5, 5.41) is 6.94. The third-order valence-corrected chi connectivity index (χ3v) is 4.70. The first-order valence-corrected chi connectivity index (χ1v) is 7.50. The van der Waals surface area contributed by atoms with E-state index in [1.807, 2.05) is 12.1 Å². The molecule has 2 aromatic rings. The zero-order valence-electron chi connectivity index (χ0n) is 10.2. The first-order chi connectivity index (χ1) is 9.43. The van der Waals surface area contributed by atoms with Crippen molar-refractivity contribution >= 4 is 27.3 Å². The van der Waals surface area contributed by atoms with Crippen molar-refractivity contribution in [3.05, 3.63) is 32.4 Å². The van der Waals surface area contributed by atoms with Crippen LogP contribution in [0.3, 0.4) is 0 Å². The minimum Gasteiger partial charge on any atom is -0.305 e. The zero-order valence-corrected chi connectivity index (χ0v) is 12.6. The molecule has 108 valence electrons. The molecule has 0 spiro atoms. The van der Waals surface area contributed by atoms with Gasteiger partial charge in [-0.2, -0.15) is 13.2 Å². The highest BCUT2D eigenvalue weighted by atomic mass is 79.9. The molecule has 3 rings (SSSR count). The van der Waals surface area contributed by atoms with Crippen molar-refractivity contribution in [1.29, 1.82) is 0 Å². The molecule has 20 heavy (non-hydrogen) atoms. The fourth-order valence-electron chi connectivity index (χ4n) is 2.21. The summed E-state index contributed by atoms with van der Waals surface area (Å²) in [6.07, 6.45) is -4.44. The molecule has 9 heteroatoms. The summed E-state index contributed by atoms with van der Waals surface area (Å²) < 4.78 is 40.4. The van der Waals surface area contributed by atoms with Crippen LogP contribution in [0.1, 0.15) is 16.5 Å². The highest BCUT2D eigenvalue weighted by Gasteiger charge is 2.39. The van der Waals surface area contributed by atoms with E-state index in [4.69, 9.17) is 0 Å². The molecule has 0 fully saturated rings. The van der Waals surface area contributed by atoms with Crippen molar-refractivity contribution < 1.29 is 13.2 Å². The lowest BCUT2D eigenvalue weighted by molar-refractivity contribution is -0.148. The SMILES string of the molecule is FC(F)(F)c1nnc2n1CCN(Cc1ccc(Br)s1)C2. The van der Waals surface area contributed by atoms with Gasteiger partial charge < -0.3 is 4.57 Å². The first-order valence-electron chi connectivity index (χ1n) is 5.89. The summed E-state index contributed by atoms with van der Waals surface area (Å²) in [6.45, 7) is 1.93. The molecule has 0 amide bonds. The maximum absolute atomic E-state index is 12.7. The molecule has 0 aliphatic carbocycles. The topological polar surface area (TPSA) is 34.0 Å². The average Bonchev–Trinajstić information content (AvgIpc) is 2.94. The van der Waals surface area contributed by atoms with Gasteiger partial charge in [-0.05, 0) is 28.1 Å². The van der Waals surface area contributed by atoms with Crippen LogP contribution in [0.2, 0.25) is 0 Å². The van der Waals surface area contributed by atoms with Crippen LogP contribution < -0.4 is 0 Å². The lowest BCUT2D eigenvalue weighted by Crippen LogP contribution is -2.34. The summed E-state index contributed by atoms with van der Waals surface area (Å²) in [7, 11) is 0. The maximum Gasteiger partial charge on any atom is 0.451 e. The van der Waals surface area contributed by atoms with Gasteiger partial charge in [0.25, 0.3) is 0 Å². The molecule has 1 aliphatic heterocycles. The molecule has 0 unspecified atom stereocenters. The predicted octanol–water partition coefficient (Wildman–Crippen LogP) is 3.14. The second kappa shape index (κ2) is 5.12. The largest absolute Gasteiger partial charge is 0.451 e. The van der Waals surface area contributed by atoms with Gasteiger partial charge in [-0.1, -0.05) is 0 Å². The monoisotopic (exact) mass is 366 g/mol. The van der Waals surface area contributed by atoms with Crippen molar-refractivity contribution in [2.24, 2.45) is 0 Å². The summed E-state index contributed by atoms with van der Waals surface area (Å²) in [5.41, 5.74) is 0. The van der Waals surface area contributed by atoms with E-state index in [1.54, 1.807) is 11.3 Å². The van der Waals surface area contributed by atoms with E-state index in [1.165, 1.54) is 9.44 Å². The van der Waals surface area contributed by atoms with E-state index in [-0.39, 0.29) is 6.54 Å². The molecule has 3 heterocycles. The van der Waals surface area contributed by atoms with Crippen molar-refractivity contribution in [3.8, 4) is 0 Å². The number of hydrogen-bond acceptors (Lipinski definition) is 4. The standard InChI is InChI=1S/C11H10BrF3N4S/c12-8-2-1-7(20-8)5-18-3-4-19-9(6-18)16-17-10(19)11(13,14)15/h1-2H,3-6H2. The molecule has 4 nitrogen and oxygen atoms in total. The van der Waals surface area contributed by atoms with Gasteiger partial charge in [0.15, 0.2) is 0 Å². The Morgan fingerprint density at radius 1 is 1.25 bits per heavy atom.